The Bertz CT molecular complexity index is 342. The summed E-state index contributed by atoms with van der Waals surface area (Å²) >= 11 is 3.40. The molecule has 0 fully saturated rings. The zero-order valence-corrected chi connectivity index (χ0v) is 11.6. The molecule has 2 N–H and O–H groups in total. The highest BCUT2D eigenvalue weighted by Gasteiger charge is 2.07. The van der Waals surface area contributed by atoms with Crippen molar-refractivity contribution in [2.75, 3.05) is 11.9 Å². The molecule has 0 aliphatic heterocycles. The number of aliphatic hydroxyl groups is 1. The zero-order valence-electron chi connectivity index (χ0n) is 10.00. The van der Waals surface area contributed by atoms with E-state index in [1.54, 1.807) is 6.20 Å². The Kier molecular flexibility index (Phi) is 5.22. The van der Waals surface area contributed by atoms with Crippen LogP contribution < -0.4 is 5.32 Å². The van der Waals surface area contributed by atoms with Crippen molar-refractivity contribution < 1.29 is 5.11 Å². The first-order valence-electron chi connectivity index (χ1n) is 5.53. The van der Waals surface area contributed by atoms with Gasteiger partial charge in [-0.25, -0.2) is 4.98 Å². The number of anilines is 1. The molecule has 90 valence electrons. The van der Waals surface area contributed by atoms with Crippen molar-refractivity contribution in [2.24, 2.45) is 5.92 Å². The molecule has 1 unspecified atom stereocenters. The molecule has 1 heterocycles. The maximum Gasteiger partial charge on any atom is 0.126 e. The van der Waals surface area contributed by atoms with Gasteiger partial charge in [-0.2, -0.15) is 0 Å². The molecule has 0 amide bonds. The van der Waals surface area contributed by atoms with Crippen molar-refractivity contribution in [1.29, 1.82) is 0 Å². The van der Waals surface area contributed by atoms with E-state index in [0.29, 0.717) is 12.5 Å². The standard InChI is InChI=1S/C12H19BrN2O/c1-8(2)4-10(16)6-14-12-5-9(3)11(13)7-15-12/h5,7-8,10,16H,4,6H2,1-3H3,(H,14,15). The van der Waals surface area contributed by atoms with Crippen LogP contribution in [0.15, 0.2) is 16.7 Å². The van der Waals surface area contributed by atoms with E-state index in [0.717, 1.165) is 22.3 Å². The lowest BCUT2D eigenvalue weighted by atomic mass is 10.1. The van der Waals surface area contributed by atoms with Crippen molar-refractivity contribution in [3.63, 3.8) is 0 Å². The van der Waals surface area contributed by atoms with Crippen LogP contribution in [0.25, 0.3) is 0 Å². The second-order valence-corrected chi connectivity index (χ2v) is 5.34. The van der Waals surface area contributed by atoms with Crippen molar-refractivity contribution in [2.45, 2.75) is 33.3 Å². The number of pyridine rings is 1. The predicted molar refractivity (Wildman–Crippen MR) is 70.6 cm³/mol. The van der Waals surface area contributed by atoms with E-state index in [-0.39, 0.29) is 6.10 Å². The maximum absolute atomic E-state index is 9.71. The summed E-state index contributed by atoms with van der Waals surface area (Å²) in [5, 5.41) is 12.8. The molecular formula is C12H19BrN2O. The van der Waals surface area contributed by atoms with Gasteiger partial charge in [0.05, 0.1) is 6.10 Å². The smallest absolute Gasteiger partial charge is 0.126 e. The summed E-state index contributed by atoms with van der Waals surface area (Å²) in [6, 6.07) is 1.96. The Morgan fingerprint density at radius 2 is 2.19 bits per heavy atom. The molecule has 1 rings (SSSR count). The highest BCUT2D eigenvalue weighted by atomic mass is 79.9. The Morgan fingerprint density at radius 3 is 2.75 bits per heavy atom. The van der Waals surface area contributed by atoms with Gasteiger partial charge in [-0.1, -0.05) is 13.8 Å². The molecule has 1 aromatic rings. The molecule has 1 aromatic heterocycles. The lowest BCUT2D eigenvalue weighted by molar-refractivity contribution is 0.161. The van der Waals surface area contributed by atoms with E-state index in [1.165, 1.54) is 0 Å². The first kappa shape index (κ1) is 13.5. The summed E-state index contributed by atoms with van der Waals surface area (Å²) in [5.74, 6) is 1.32. The molecule has 0 radical (unpaired) electrons. The molecule has 0 saturated carbocycles. The first-order valence-corrected chi connectivity index (χ1v) is 6.32. The Labute approximate surface area is 105 Å². The quantitative estimate of drug-likeness (QED) is 0.875. The number of aryl methyl sites for hydroxylation is 1. The maximum atomic E-state index is 9.71. The Balaban J connectivity index is 2.45. The highest BCUT2D eigenvalue weighted by Crippen LogP contribution is 2.17. The average Bonchev–Trinajstić information content (AvgIpc) is 2.19. The van der Waals surface area contributed by atoms with Crippen molar-refractivity contribution in [3.05, 3.63) is 22.3 Å². The summed E-state index contributed by atoms with van der Waals surface area (Å²) in [6.45, 7) is 6.77. The van der Waals surface area contributed by atoms with Crippen LogP contribution in [0.4, 0.5) is 5.82 Å². The summed E-state index contributed by atoms with van der Waals surface area (Å²) < 4.78 is 1.00. The van der Waals surface area contributed by atoms with Gasteiger partial charge in [0, 0.05) is 17.2 Å². The van der Waals surface area contributed by atoms with Crippen molar-refractivity contribution in [1.82, 2.24) is 4.98 Å². The number of aromatic nitrogens is 1. The third-order valence-electron chi connectivity index (χ3n) is 2.31. The molecule has 16 heavy (non-hydrogen) atoms. The van der Waals surface area contributed by atoms with E-state index in [4.69, 9.17) is 0 Å². The molecular weight excluding hydrogens is 268 g/mol. The van der Waals surface area contributed by atoms with Crippen molar-refractivity contribution in [3.8, 4) is 0 Å². The molecule has 0 saturated heterocycles. The van der Waals surface area contributed by atoms with Crippen LogP contribution >= 0.6 is 15.9 Å². The summed E-state index contributed by atoms with van der Waals surface area (Å²) in [4.78, 5) is 4.22. The van der Waals surface area contributed by atoms with Gasteiger partial charge in [0.15, 0.2) is 0 Å². The van der Waals surface area contributed by atoms with Crippen LogP contribution in [-0.2, 0) is 0 Å². The van der Waals surface area contributed by atoms with Crippen LogP contribution in [0.1, 0.15) is 25.8 Å². The SMILES string of the molecule is Cc1cc(NCC(O)CC(C)C)ncc1Br. The van der Waals surface area contributed by atoms with Gasteiger partial charge in [-0.3, -0.25) is 0 Å². The minimum absolute atomic E-state index is 0.314. The fourth-order valence-electron chi connectivity index (χ4n) is 1.49. The minimum Gasteiger partial charge on any atom is -0.391 e. The van der Waals surface area contributed by atoms with E-state index >= 15 is 0 Å². The summed E-state index contributed by atoms with van der Waals surface area (Å²) in [6.07, 6.45) is 2.26. The Hall–Kier alpha value is -0.610. The van der Waals surface area contributed by atoms with E-state index in [1.807, 2.05) is 13.0 Å². The molecule has 3 nitrogen and oxygen atoms in total. The molecule has 0 bridgehead atoms. The van der Waals surface area contributed by atoms with Crippen molar-refractivity contribution >= 4 is 21.7 Å². The predicted octanol–water partition coefficient (Wildman–Crippen LogP) is 2.97. The average molecular weight is 287 g/mol. The largest absolute Gasteiger partial charge is 0.391 e. The minimum atomic E-state index is -0.314. The second kappa shape index (κ2) is 6.21. The number of nitrogens with one attached hydrogen (secondary N) is 1. The zero-order chi connectivity index (χ0) is 12.1. The van der Waals surface area contributed by atoms with Gasteiger partial charge in [-0.15, -0.1) is 0 Å². The fraction of sp³-hybridized carbons (Fsp3) is 0.583. The first-order chi connectivity index (χ1) is 7.49. The van der Waals surface area contributed by atoms with Crippen LogP contribution in [0, 0.1) is 12.8 Å². The second-order valence-electron chi connectivity index (χ2n) is 4.48. The fourth-order valence-corrected chi connectivity index (χ4v) is 1.70. The molecule has 0 aliphatic rings. The van der Waals surface area contributed by atoms with Gasteiger partial charge in [0.2, 0.25) is 0 Å². The number of halogens is 1. The van der Waals surface area contributed by atoms with Crippen LogP contribution in [0.5, 0.6) is 0 Å². The number of nitrogens with zero attached hydrogens (tertiary/aromatic N) is 1. The van der Waals surface area contributed by atoms with Crippen LogP contribution in [0.3, 0.4) is 0 Å². The van der Waals surface area contributed by atoms with Gasteiger partial charge >= 0.3 is 0 Å². The van der Waals surface area contributed by atoms with Crippen LogP contribution in [0.2, 0.25) is 0 Å². The molecule has 0 aromatic carbocycles. The molecule has 1 atom stereocenters. The number of hydrogen-bond donors (Lipinski definition) is 2. The normalized spacial score (nSPS) is 12.9. The third-order valence-corrected chi connectivity index (χ3v) is 3.14. The monoisotopic (exact) mass is 286 g/mol. The summed E-state index contributed by atoms with van der Waals surface area (Å²) in [7, 11) is 0. The molecule has 0 spiro atoms. The Morgan fingerprint density at radius 1 is 1.50 bits per heavy atom. The van der Waals surface area contributed by atoms with Crippen LogP contribution in [-0.4, -0.2) is 22.7 Å². The van der Waals surface area contributed by atoms with E-state index in [2.05, 4.69) is 40.1 Å². The lowest BCUT2D eigenvalue weighted by Gasteiger charge is -2.14. The number of aliphatic hydroxyl groups excluding tert-OH is 1. The van der Waals surface area contributed by atoms with Gasteiger partial charge in [0.1, 0.15) is 5.82 Å². The third kappa shape index (κ3) is 4.49. The van der Waals surface area contributed by atoms with E-state index < -0.39 is 0 Å². The summed E-state index contributed by atoms with van der Waals surface area (Å²) in [5.41, 5.74) is 1.14. The van der Waals surface area contributed by atoms with Gasteiger partial charge < -0.3 is 10.4 Å². The molecule has 0 aliphatic carbocycles. The van der Waals surface area contributed by atoms with Gasteiger partial charge in [-0.05, 0) is 46.8 Å². The van der Waals surface area contributed by atoms with Gasteiger partial charge in [0.25, 0.3) is 0 Å². The number of rotatable bonds is 5. The molecule has 4 heteroatoms. The topological polar surface area (TPSA) is 45.1 Å². The lowest BCUT2D eigenvalue weighted by Crippen LogP contribution is -2.21. The highest BCUT2D eigenvalue weighted by molar-refractivity contribution is 9.10. The number of hydrogen-bond acceptors (Lipinski definition) is 3. The van der Waals surface area contributed by atoms with E-state index in [9.17, 15) is 5.11 Å².